The Balaban J connectivity index is 1.89. The topological polar surface area (TPSA) is 50.5 Å². The molecule has 3 aromatic rings. The summed E-state index contributed by atoms with van der Waals surface area (Å²) in [4.78, 5) is 24.6. The van der Waals surface area contributed by atoms with Gasteiger partial charge in [0.15, 0.2) is 5.78 Å². The highest BCUT2D eigenvalue weighted by Crippen LogP contribution is 2.32. The highest BCUT2D eigenvalue weighted by Gasteiger charge is 2.28. The number of hydrogen-bond acceptors (Lipinski definition) is 3. The molecule has 1 aliphatic heterocycles. The predicted molar refractivity (Wildman–Crippen MR) is 75.7 cm³/mol. The number of ketones is 1. The van der Waals surface area contributed by atoms with Crippen LogP contribution in [0.5, 0.6) is 0 Å². The first kappa shape index (κ1) is 11.2. The average molecular weight is 265 g/mol. The number of Topliss-reactive ketones (excluding diaryl/α,β-unsaturated/α-hetero) is 1. The van der Waals surface area contributed by atoms with Crippen molar-refractivity contribution < 1.29 is 14.0 Å². The smallest absolute Gasteiger partial charge is 0.234 e. The van der Waals surface area contributed by atoms with Gasteiger partial charge in [-0.3, -0.25) is 9.59 Å². The Morgan fingerprint density at radius 1 is 0.950 bits per heavy atom. The van der Waals surface area contributed by atoms with Gasteiger partial charge in [0, 0.05) is 22.5 Å². The molecule has 1 saturated heterocycles. The molecule has 0 N–H and O–H groups in total. The number of furan rings is 1. The van der Waals surface area contributed by atoms with E-state index in [0.717, 1.165) is 21.9 Å². The van der Waals surface area contributed by atoms with Crippen LogP contribution in [0.15, 0.2) is 46.9 Å². The van der Waals surface area contributed by atoms with E-state index >= 15 is 0 Å². The third kappa shape index (κ3) is 1.54. The van der Waals surface area contributed by atoms with Crippen molar-refractivity contribution in [3.63, 3.8) is 0 Å². The van der Waals surface area contributed by atoms with Gasteiger partial charge in [-0.25, -0.2) is 0 Å². The summed E-state index contributed by atoms with van der Waals surface area (Å²) in [5.41, 5.74) is 2.27. The number of anilines is 1. The monoisotopic (exact) mass is 265 g/mol. The maximum Gasteiger partial charge on any atom is 0.234 e. The first-order valence-electron chi connectivity index (χ1n) is 6.46. The van der Waals surface area contributed by atoms with Gasteiger partial charge in [-0.2, -0.15) is 0 Å². The molecular weight excluding hydrogens is 254 g/mol. The van der Waals surface area contributed by atoms with Gasteiger partial charge in [0.1, 0.15) is 11.2 Å². The second-order valence-corrected chi connectivity index (χ2v) is 4.97. The fourth-order valence-corrected chi connectivity index (χ4v) is 2.70. The SMILES string of the molecule is O=C1CC(=O)N(c2ccc3c(c2)oc2ccccc23)C1. The molecule has 2 aromatic carbocycles. The standard InChI is InChI=1S/C16H11NO3/c18-11-8-16(19)17(9-11)10-5-6-13-12-3-1-2-4-14(12)20-15(13)7-10/h1-7H,8-9H2. The van der Waals surface area contributed by atoms with Crippen molar-refractivity contribution in [2.45, 2.75) is 6.42 Å². The van der Waals surface area contributed by atoms with E-state index in [4.69, 9.17) is 4.42 Å². The molecule has 4 heteroatoms. The van der Waals surface area contributed by atoms with Gasteiger partial charge in [0.2, 0.25) is 5.91 Å². The second kappa shape index (κ2) is 3.93. The Kier molecular flexibility index (Phi) is 2.21. The van der Waals surface area contributed by atoms with Gasteiger partial charge in [-0.1, -0.05) is 18.2 Å². The van der Waals surface area contributed by atoms with E-state index in [0.29, 0.717) is 5.69 Å². The summed E-state index contributed by atoms with van der Waals surface area (Å²) in [5, 5.41) is 2.07. The fourth-order valence-electron chi connectivity index (χ4n) is 2.70. The third-order valence-electron chi connectivity index (χ3n) is 3.66. The van der Waals surface area contributed by atoms with Gasteiger partial charge in [0.25, 0.3) is 0 Å². The minimum absolute atomic E-state index is 0.00182. The molecule has 0 radical (unpaired) electrons. The van der Waals surface area contributed by atoms with Gasteiger partial charge in [0.05, 0.1) is 13.0 Å². The summed E-state index contributed by atoms with van der Waals surface area (Å²) in [6.45, 7) is 0.157. The minimum Gasteiger partial charge on any atom is -0.456 e. The van der Waals surface area contributed by atoms with Crippen molar-refractivity contribution in [3.05, 3.63) is 42.5 Å². The Morgan fingerprint density at radius 2 is 1.75 bits per heavy atom. The maximum absolute atomic E-state index is 11.8. The lowest BCUT2D eigenvalue weighted by Gasteiger charge is -2.14. The number of nitrogens with zero attached hydrogens (tertiary/aromatic N) is 1. The van der Waals surface area contributed by atoms with Crippen molar-refractivity contribution in [1.82, 2.24) is 0 Å². The molecule has 0 atom stereocenters. The lowest BCUT2D eigenvalue weighted by atomic mass is 10.1. The maximum atomic E-state index is 11.8. The van der Waals surface area contributed by atoms with Crippen LogP contribution in [-0.4, -0.2) is 18.2 Å². The lowest BCUT2D eigenvalue weighted by Crippen LogP contribution is -2.24. The van der Waals surface area contributed by atoms with Crippen molar-refractivity contribution in [2.24, 2.45) is 0 Å². The summed E-state index contributed by atoms with van der Waals surface area (Å²) in [6.07, 6.45) is -0.00182. The molecule has 0 bridgehead atoms. The molecule has 1 aromatic heterocycles. The van der Waals surface area contributed by atoms with Crippen LogP contribution in [0.1, 0.15) is 6.42 Å². The molecule has 98 valence electrons. The number of fused-ring (bicyclic) bond motifs is 3. The molecule has 4 rings (SSSR count). The number of rotatable bonds is 1. The minimum atomic E-state index is -0.148. The van der Waals surface area contributed by atoms with Gasteiger partial charge >= 0.3 is 0 Å². The van der Waals surface area contributed by atoms with Crippen LogP contribution in [-0.2, 0) is 9.59 Å². The molecule has 0 unspecified atom stereocenters. The molecule has 20 heavy (non-hydrogen) atoms. The van der Waals surface area contributed by atoms with Crippen LogP contribution in [0, 0.1) is 0 Å². The molecule has 4 nitrogen and oxygen atoms in total. The Labute approximate surface area is 114 Å². The quantitative estimate of drug-likeness (QED) is 0.636. The predicted octanol–water partition coefficient (Wildman–Crippen LogP) is 2.89. The zero-order valence-electron chi connectivity index (χ0n) is 10.6. The summed E-state index contributed by atoms with van der Waals surface area (Å²) in [7, 11) is 0. The van der Waals surface area contributed by atoms with E-state index in [2.05, 4.69) is 0 Å². The van der Waals surface area contributed by atoms with Crippen molar-refractivity contribution in [2.75, 3.05) is 11.4 Å². The van der Waals surface area contributed by atoms with Gasteiger partial charge in [-0.15, -0.1) is 0 Å². The number of para-hydroxylation sites is 1. The highest BCUT2D eigenvalue weighted by molar-refractivity contribution is 6.16. The average Bonchev–Trinajstić information content (AvgIpc) is 2.97. The highest BCUT2D eigenvalue weighted by atomic mass is 16.3. The van der Waals surface area contributed by atoms with Crippen molar-refractivity contribution >= 4 is 39.3 Å². The van der Waals surface area contributed by atoms with Gasteiger partial charge in [-0.05, 0) is 18.2 Å². The van der Waals surface area contributed by atoms with Gasteiger partial charge < -0.3 is 9.32 Å². The van der Waals surface area contributed by atoms with E-state index in [9.17, 15) is 9.59 Å². The summed E-state index contributed by atoms with van der Waals surface area (Å²) in [6, 6.07) is 13.4. The first-order chi connectivity index (χ1) is 9.72. The molecule has 1 amide bonds. The van der Waals surface area contributed by atoms with E-state index in [1.165, 1.54) is 4.90 Å². The zero-order chi connectivity index (χ0) is 13.7. The molecular formula is C16H11NO3. The third-order valence-corrected chi connectivity index (χ3v) is 3.66. The largest absolute Gasteiger partial charge is 0.456 e. The molecule has 0 spiro atoms. The molecule has 2 heterocycles. The second-order valence-electron chi connectivity index (χ2n) is 4.97. The fraction of sp³-hybridized carbons (Fsp3) is 0.125. The van der Waals surface area contributed by atoms with E-state index in [1.807, 2.05) is 42.5 Å². The van der Waals surface area contributed by atoms with E-state index < -0.39 is 0 Å². The summed E-state index contributed by atoms with van der Waals surface area (Å²) in [5.74, 6) is -0.190. The Morgan fingerprint density at radius 3 is 2.55 bits per heavy atom. The van der Waals surface area contributed by atoms with Crippen molar-refractivity contribution in [1.29, 1.82) is 0 Å². The van der Waals surface area contributed by atoms with Crippen LogP contribution in [0.3, 0.4) is 0 Å². The van der Waals surface area contributed by atoms with Crippen LogP contribution < -0.4 is 4.90 Å². The Bertz CT molecular complexity index is 862. The number of carbonyl (C=O) groups excluding carboxylic acids is 2. The number of amides is 1. The van der Waals surface area contributed by atoms with Crippen LogP contribution in [0.4, 0.5) is 5.69 Å². The normalized spacial score (nSPS) is 15.7. The number of carbonyl (C=O) groups is 2. The number of benzene rings is 2. The number of hydrogen-bond donors (Lipinski definition) is 0. The van der Waals surface area contributed by atoms with E-state index in [-0.39, 0.29) is 24.7 Å². The van der Waals surface area contributed by atoms with Crippen molar-refractivity contribution in [3.8, 4) is 0 Å². The van der Waals surface area contributed by atoms with Crippen LogP contribution in [0.25, 0.3) is 21.9 Å². The summed E-state index contributed by atoms with van der Waals surface area (Å²) < 4.78 is 5.79. The van der Waals surface area contributed by atoms with E-state index in [1.54, 1.807) is 0 Å². The summed E-state index contributed by atoms with van der Waals surface area (Å²) >= 11 is 0. The van der Waals surface area contributed by atoms with Crippen LogP contribution >= 0.6 is 0 Å². The van der Waals surface area contributed by atoms with Crippen LogP contribution in [0.2, 0.25) is 0 Å². The zero-order valence-corrected chi connectivity index (χ0v) is 10.6. The Hall–Kier alpha value is -2.62. The molecule has 0 aliphatic carbocycles. The first-order valence-corrected chi connectivity index (χ1v) is 6.46. The molecule has 1 fully saturated rings. The molecule has 0 saturated carbocycles. The molecule has 1 aliphatic rings. The lowest BCUT2D eigenvalue weighted by molar-refractivity contribution is -0.121.